The van der Waals surface area contributed by atoms with E-state index >= 15 is 0 Å². The van der Waals surface area contributed by atoms with Gasteiger partial charge >= 0.3 is 5.97 Å². The third-order valence-corrected chi connectivity index (χ3v) is 14.4. The molecular formula is C33H52O4. The van der Waals surface area contributed by atoms with Crippen molar-refractivity contribution in [3.05, 3.63) is 12.2 Å². The summed E-state index contributed by atoms with van der Waals surface area (Å²) >= 11 is 0. The smallest absolute Gasteiger partial charge is 0.309 e. The minimum atomic E-state index is -0.535. The van der Waals surface area contributed by atoms with Gasteiger partial charge in [-0.15, -0.1) is 0 Å². The van der Waals surface area contributed by atoms with E-state index < -0.39 is 17.2 Å². The third kappa shape index (κ3) is 3.18. The van der Waals surface area contributed by atoms with E-state index in [0.717, 1.165) is 38.7 Å². The normalized spacial score (nSPS) is 56.2. The molecule has 11 atom stereocenters. The molecule has 1 N–H and O–H groups in total. The van der Waals surface area contributed by atoms with E-state index in [1.807, 2.05) is 0 Å². The summed E-state index contributed by atoms with van der Waals surface area (Å²) < 4.78 is 12.9. The topological polar surface area (TPSA) is 55.8 Å². The summed E-state index contributed by atoms with van der Waals surface area (Å²) in [5, 5.41) is 10.6. The molecule has 1 saturated heterocycles. The number of allylic oxidation sites excluding steroid dienone is 1. The maximum atomic E-state index is 12.9. The van der Waals surface area contributed by atoms with Gasteiger partial charge in [-0.25, -0.2) is 0 Å². The molecule has 1 heterocycles. The number of rotatable bonds is 2. The van der Waals surface area contributed by atoms with E-state index in [1.165, 1.54) is 37.7 Å². The number of aliphatic carboxylic acids is 1. The van der Waals surface area contributed by atoms with Gasteiger partial charge in [0.1, 0.15) is 0 Å². The monoisotopic (exact) mass is 512 g/mol. The van der Waals surface area contributed by atoms with E-state index in [0.29, 0.717) is 23.7 Å². The van der Waals surface area contributed by atoms with Crippen LogP contribution in [0.2, 0.25) is 0 Å². The largest absolute Gasteiger partial charge is 0.481 e. The minimum absolute atomic E-state index is 0.0725. The van der Waals surface area contributed by atoms with Crippen LogP contribution in [0, 0.1) is 56.7 Å². The van der Waals surface area contributed by atoms with E-state index in [4.69, 9.17) is 9.47 Å². The lowest BCUT2D eigenvalue weighted by atomic mass is 9.32. The van der Waals surface area contributed by atoms with E-state index in [2.05, 4.69) is 55.0 Å². The van der Waals surface area contributed by atoms with Crippen molar-refractivity contribution in [3.63, 3.8) is 0 Å². The van der Waals surface area contributed by atoms with Crippen molar-refractivity contribution in [1.82, 2.24) is 0 Å². The van der Waals surface area contributed by atoms with Crippen molar-refractivity contribution in [2.45, 2.75) is 125 Å². The number of carboxylic acids is 1. The lowest BCUT2D eigenvalue weighted by Crippen LogP contribution is -2.69. The van der Waals surface area contributed by atoms with Gasteiger partial charge in [-0.2, -0.15) is 0 Å². The van der Waals surface area contributed by atoms with Crippen molar-refractivity contribution < 1.29 is 19.4 Å². The molecule has 4 heteroatoms. The van der Waals surface area contributed by atoms with Gasteiger partial charge in [-0.3, -0.25) is 4.79 Å². The van der Waals surface area contributed by atoms with Crippen LogP contribution in [-0.2, 0) is 14.3 Å². The molecule has 5 aliphatic carbocycles. The molecular weight excluding hydrogens is 460 g/mol. The first-order valence-corrected chi connectivity index (χ1v) is 15.4. The summed E-state index contributed by atoms with van der Waals surface area (Å²) in [5.74, 6) is 1.38. The predicted molar refractivity (Wildman–Crippen MR) is 146 cm³/mol. The molecule has 0 amide bonds. The zero-order valence-corrected chi connectivity index (χ0v) is 24.6. The Kier molecular flexibility index (Phi) is 5.60. The Morgan fingerprint density at radius 2 is 1.54 bits per heavy atom. The van der Waals surface area contributed by atoms with Gasteiger partial charge in [0.05, 0.1) is 18.1 Å². The molecule has 0 aromatic rings. The van der Waals surface area contributed by atoms with Gasteiger partial charge in [0.2, 0.25) is 0 Å². The average Bonchev–Trinajstić information content (AvgIpc) is 3.21. The van der Waals surface area contributed by atoms with E-state index in [-0.39, 0.29) is 33.7 Å². The predicted octanol–water partition coefficient (Wildman–Crippen LogP) is 7.86. The molecule has 6 rings (SSSR count). The zero-order chi connectivity index (χ0) is 26.8. The Bertz CT molecular complexity index is 1000. The SMILES string of the molecule is C=C(C)C1CCC2(C(=O)O)CCC3(C)C(CCC4C5(C)CCC6OC(C)(C)OCC6(C)C5CCC43C)C12. The number of ether oxygens (including phenoxy) is 2. The second kappa shape index (κ2) is 7.87. The standard InChI is InChI=1S/C33H52O4/c1-20(2)21-11-16-33(27(34)35)18-17-31(7)22(26(21)33)9-10-24-29(5)14-13-25-30(6,19-36-28(3,4)37-25)23(29)12-15-32(24,31)8/h21-26H,1,9-19H2,2-8H3,(H,34,35). The highest BCUT2D eigenvalue weighted by atomic mass is 16.7. The van der Waals surface area contributed by atoms with Gasteiger partial charge in [-0.05, 0) is 131 Å². The van der Waals surface area contributed by atoms with Crippen LogP contribution in [-0.4, -0.2) is 29.6 Å². The summed E-state index contributed by atoms with van der Waals surface area (Å²) in [4.78, 5) is 12.9. The van der Waals surface area contributed by atoms with Gasteiger partial charge in [-0.1, -0.05) is 39.8 Å². The fourth-order valence-corrected chi connectivity index (χ4v) is 12.4. The first-order valence-electron chi connectivity index (χ1n) is 15.4. The molecule has 11 unspecified atom stereocenters. The summed E-state index contributed by atoms with van der Waals surface area (Å²) in [6.07, 6.45) is 11.3. The number of hydrogen-bond acceptors (Lipinski definition) is 3. The average molecular weight is 513 g/mol. The fraction of sp³-hybridized carbons (Fsp3) is 0.909. The summed E-state index contributed by atoms with van der Waals surface area (Å²) in [5.41, 5.74) is 1.46. The second-order valence-electron chi connectivity index (χ2n) is 16.0. The van der Waals surface area contributed by atoms with Crippen molar-refractivity contribution in [2.75, 3.05) is 6.61 Å². The maximum absolute atomic E-state index is 12.9. The van der Waals surface area contributed by atoms with Gasteiger partial charge < -0.3 is 14.6 Å². The molecule has 6 aliphatic rings. The number of hydrogen-bond donors (Lipinski definition) is 1. The third-order valence-electron chi connectivity index (χ3n) is 14.4. The van der Waals surface area contributed by atoms with Crippen molar-refractivity contribution in [3.8, 4) is 0 Å². The van der Waals surface area contributed by atoms with Crippen LogP contribution in [0.3, 0.4) is 0 Å². The van der Waals surface area contributed by atoms with Crippen LogP contribution in [0.15, 0.2) is 12.2 Å². The van der Waals surface area contributed by atoms with E-state index in [9.17, 15) is 9.90 Å². The van der Waals surface area contributed by atoms with Crippen LogP contribution < -0.4 is 0 Å². The molecule has 4 nitrogen and oxygen atoms in total. The van der Waals surface area contributed by atoms with E-state index in [1.54, 1.807) is 0 Å². The zero-order valence-electron chi connectivity index (χ0n) is 24.6. The molecule has 6 fully saturated rings. The van der Waals surface area contributed by atoms with Gasteiger partial charge in [0.25, 0.3) is 0 Å². The molecule has 208 valence electrons. The Hall–Kier alpha value is -0.870. The highest BCUT2D eigenvalue weighted by molar-refractivity contribution is 5.76. The summed E-state index contributed by atoms with van der Waals surface area (Å²) in [7, 11) is 0. The molecule has 0 bridgehead atoms. The van der Waals surface area contributed by atoms with Crippen LogP contribution in [0.25, 0.3) is 0 Å². The van der Waals surface area contributed by atoms with Crippen molar-refractivity contribution in [1.29, 1.82) is 0 Å². The molecule has 5 saturated carbocycles. The number of fused-ring (bicyclic) bond motifs is 9. The van der Waals surface area contributed by atoms with Gasteiger partial charge in [0, 0.05) is 5.41 Å². The lowest BCUT2D eigenvalue weighted by molar-refractivity contribution is -0.354. The highest BCUT2D eigenvalue weighted by Gasteiger charge is 2.72. The molecule has 0 spiro atoms. The molecule has 1 aliphatic heterocycles. The van der Waals surface area contributed by atoms with Crippen LogP contribution in [0.1, 0.15) is 113 Å². The molecule has 0 radical (unpaired) electrons. The lowest BCUT2D eigenvalue weighted by Gasteiger charge is -2.73. The maximum Gasteiger partial charge on any atom is 0.309 e. The highest BCUT2D eigenvalue weighted by Crippen LogP contribution is 2.77. The Balaban J connectivity index is 1.37. The van der Waals surface area contributed by atoms with Crippen molar-refractivity contribution >= 4 is 5.97 Å². The summed E-state index contributed by atoms with van der Waals surface area (Å²) in [6.45, 7) is 21.8. The Morgan fingerprint density at radius 1 is 0.811 bits per heavy atom. The first kappa shape index (κ1) is 26.4. The first-order chi connectivity index (χ1) is 17.1. The molecule has 0 aromatic carbocycles. The van der Waals surface area contributed by atoms with Crippen molar-refractivity contribution in [2.24, 2.45) is 56.7 Å². The Labute approximate surface area is 225 Å². The van der Waals surface area contributed by atoms with Crippen LogP contribution >= 0.6 is 0 Å². The fourth-order valence-electron chi connectivity index (χ4n) is 12.4. The van der Waals surface area contributed by atoms with Crippen LogP contribution in [0.5, 0.6) is 0 Å². The quantitative estimate of drug-likeness (QED) is 0.383. The Morgan fingerprint density at radius 3 is 2.22 bits per heavy atom. The molecule has 0 aromatic heterocycles. The second-order valence-corrected chi connectivity index (χ2v) is 16.0. The number of carbonyl (C=O) groups is 1. The minimum Gasteiger partial charge on any atom is -0.481 e. The van der Waals surface area contributed by atoms with Crippen LogP contribution in [0.4, 0.5) is 0 Å². The van der Waals surface area contributed by atoms with Gasteiger partial charge in [0.15, 0.2) is 5.79 Å². The number of carboxylic acid groups (broad SMARTS) is 1. The molecule has 37 heavy (non-hydrogen) atoms. The summed E-state index contributed by atoms with van der Waals surface area (Å²) in [6, 6.07) is 0.